The molecule has 2 N–H and O–H groups in total. The van der Waals surface area contributed by atoms with Crippen LogP contribution in [-0.2, 0) is 16.1 Å². The van der Waals surface area contributed by atoms with Crippen molar-refractivity contribution in [2.75, 3.05) is 51.9 Å². The van der Waals surface area contributed by atoms with Crippen LogP contribution in [0.5, 0.6) is 5.75 Å². The quantitative estimate of drug-likeness (QED) is 0.251. The molecule has 4 aromatic rings. The van der Waals surface area contributed by atoms with Gasteiger partial charge in [-0.25, -0.2) is 18.6 Å². The van der Waals surface area contributed by atoms with Gasteiger partial charge in [0.2, 0.25) is 5.91 Å². The van der Waals surface area contributed by atoms with E-state index in [1.54, 1.807) is 24.7 Å². The third kappa shape index (κ3) is 4.94. The Morgan fingerprint density at radius 1 is 1.15 bits per heavy atom. The normalized spacial score (nSPS) is 18.8. The average molecular weight is 653 g/mol. The number of anilines is 1. The number of benzene rings is 1. The lowest BCUT2D eigenvalue weighted by molar-refractivity contribution is -0.133. The molecule has 1 aliphatic carbocycles. The van der Waals surface area contributed by atoms with Gasteiger partial charge in [0.1, 0.15) is 41.2 Å². The summed E-state index contributed by atoms with van der Waals surface area (Å²) in [5, 5.41) is 20.1. The van der Waals surface area contributed by atoms with Crippen LogP contribution in [0.1, 0.15) is 31.5 Å². The number of ether oxygens (including phenoxy) is 2. The number of rotatable bonds is 8. The van der Waals surface area contributed by atoms with Crippen LogP contribution in [-0.4, -0.2) is 83.8 Å². The van der Waals surface area contributed by atoms with E-state index in [9.17, 15) is 19.1 Å². The predicted octanol–water partition coefficient (Wildman–Crippen LogP) is 5.15. The lowest BCUT2D eigenvalue weighted by Crippen LogP contribution is -2.64. The molecule has 0 radical (unpaired) electrons. The Bertz CT molecular complexity index is 1850. The minimum Gasteiger partial charge on any atom is -0.490 e. The summed E-state index contributed by atoms with van der Waals surface area (Å²) in [5.41, 5.74) is 2.08. The number of fused-ring (bicyclic) bond motifs is 2. The largest absolute Gasteiger partial charge is 0.490 e. The molecule has 5 heterocycles. The van der Waals surface area contributed by atoms with Crippen molar-refractivity contribution in [3.8, 4) is 28.3 Å². The van der Waals surface area contributed by atoms with Crippen LogP contribution in [0.15, 0.2) is 29.6 Å². The van der Waals surface area contributed by atoms with E-state index in [1.807, 2.05) is 11.4 Å². The fraction of sp³-hybridized carbons (Fsp3) is 0.438. The summed E-state index contributed by atoms with van der Waals surface area (Å²) in [4.78, 5) is 32.8. The number of pyridine rings is 1. The first-order valence-corrected chi connectivity index (χ1v) is 16.1. The third-order valence-corrected chi connectivity index (χ3v) is 10.4. The molecule has 1 atom stereocenters. The summed E-state index contributed by atoms with van der Waals surface area (Å²) in [6.45, 7) is 4.20. The summed E-state index contributed by atoms with van der Waals surface area (Å²) < 4.78 is 44.1. The van der Waals surface area contributed by atoms with E-state index in [2.05, 4.69) is 10.2 Å². The first-order valence-electron chi connectivity index (χ1n) is 15.2. The zero-order chi connectivity index (χ0) is 32.3. The first-order chi connectivity index (χ1) is 22.1. The molecule has 242 valence electrons. The number of methoxy groups -OCH3 is 1. The highest BCUT2D eigenvalue weighted by atomic mass is 32.1. The van der Waals surface area contributed by atoms with E-state index >= 15 is 4.39 Å². The van der Waals surface area contributed by atoms with E-state index in [1.165, 1.54) is 23.3 Å². The molecule has 46 heavy (non-hydrogen) atoms. The molecular weight excluding hydrogens is 618 g/mol. The number of carboxylic acid groups (broad SMARTS) is 1. The van der Waals surface area contributed by atoms with Gasteiger partial charge in [-0.15, -0.1) is 11.3 Å². The van der Waals surface area contributed by atoms with Gasteiger partial charge in [0, 0.05) is 72.9 Å². The minimum atomic E-state index is -1.02. The Morgan fingerprint density at radius 2 is 1.93 bits per heavy atom. The van der Waals surface area contributed by atoms with Crippen LogP contribution >= 0.6 is 11.3 Å². The Hall–Kier alpha value is -4.30. The standard InChI is InChI=1S/C32H34F2N6O5S/c1-17-23-12-22(37-40(23)6-5-39(17)31(42)43)27-26(25-21(34)10-19(33)11-24(25)45-8-7-44-3)28-20(4-9-46-28)29(36-27)38-15-32(16-38)13-18(14-32)30(41)35-2/h4,9-12,17-18H,5-8,13-16H2,1-3H3,(H,35,41)(H,42,43). The highest BCUT2D eigenvalue weighted by molar-refractivity contribution is 7.18. The Morgan fingerprint density at radius 3 is 2.65 bits per heavy atom. The van der Waals surface area contributed by atoms with E-state index in [-0.39, 0.29) is 48.3 Å². The van der Waals surface area contributed by atoms with Crippen molar-refractivity contribution < 1.29 is 33.0 Å². The van der Waals surface area contributed by atoms with Crippen LogP contribution in [0.4, 0.5) is 19.4 Å². The van der Waals surface area contributed by atoms with Gasteiger partial charge in [-0.1, -0.05) is 0 Å². The van der Waals surface area contributed by atoms with Gasteiger partial charge in [-0.2, -0.15) is 5.10 Å². The smallest absolute Gasteiger partial charge is 0.407 e. The number of thiophene rings is 1. The van der Waals surface area contributed by atoms with Crippen LogP contribution < -0.4 is 15.0 Å². The molecule has 14 heteroatoms. The van der Waals surface area contributed by atoms with Crippen LogP contribution in [0.25, 0.3) is 32.6 Å². The number of hydrogen-bond donors (Lipinski definition) is 2. The SMILES string of the molecule is CNC(=O)C1CC2(C1)CN(c1nc(-c3cc4n(n3)CCN(C(=O)O)C4C)c(-c3c(F)cc(F)cc3OCCOC)c3sccc13)C2. The number of carbonyl (C=O) groups excluding carboxylic acids is 1. The first kappa shape index (κ1) is 30.4. The monoisotopic (exact) mass is 652 g/mol. The third-order valence-electron chi connectivity index (χ3n) is 9.48. The minimum absolute atomic E-state index is 0.0152. The zero-order valence-electron chi connectivity index (χ0n) is 25.7. The second kappa shape index (κ2) is 11.5. The molecule has 2 fully saturated rings. The molecule has 2 aliphatic heterocycles. The Kier molecular flexibility index (Phi) is 7.59. The fourth-order valence-electron chi connectivity index (χ4n) is 7.23. The molecule has 1 spiro atoms. The van der Waals surface area contributed by atoms with Gasteiger partial charge in [0.05, 0.1) is 30.5 Å². The predicted molar refractivity (Wildman–Crippen MR) is 168 cm³/mol. The van der Waals surface area contributed by atoms with Gasteiger partial charge in [0.25, 0.3) is 0 Å². The van der Waals surface area contributed by atoms with E-state index in [4.69, 9.17) is 19.6 Å². The van der Waals surface area contributed by atoms with Crippen molar-refractivity contribution in [1.82, 2.24) is 25.0 Å². The van der Waals surface area contributed by atoms with Crippen molar-refractivity contribution in [3.05, 3.63) is 47.0 Å². The highest BCUT2D eigenvalue weighted by Crippen LogP contribution is 2.55. The van der Waals surface area contributed by atoms with E-state index < -0.39 is 23.8 Å². The van der Waals surface area contributed by atoms with Crippen LogP contribution in [0.3, 0.4) is 0 Å². The molecular formula is C32H34F2N6O5S. The number of nitrogens with zero attached hydrogens (tertiary/aromatic N) is 5. The Labute approximate surface area is 267 Å². The number of nitrogens with one attached hydrogen (secondary N) is 1. The number of hydrogen-bond acceptors (Lipinski definition) is 8. The van der Waals surface area contributed by atoms with Crippen molar-refractivity contribution in [1.29, 1.82) is 0 Å². The van der Waals surface area contributed by atoms with Gasteiger partial charge >= 0.3 is 6.09 Å². The van der Waals surface area contributed by atoms with Gasteiger partial charge in [0.15, 0.2) is 0 Å². The molecule has 3 aromatic heterocycles. The second-order valence-corrected chi connectivity index (χ2v) is 13.2. The fourth-order valence-corrected chi connectivity index (χ4v) is 8.18. The summed E-state index contributed by atoms with van der Waals surface area (Å²) in [6, 6.07) is 5.29. The van der Waals surface area contributed by atoms with Crippen LogP contribution in [0, 0.1) is 23.0 Å². The topological polar surface area (TPSA) is 122 Å². The Balaban J connectivity index is 1.37. The maximum Gasteiger partial charge on any atom is 0.407 e. The van der Waals surface area contributed by atoms with Gasteiger partial charge in [-0.3, -0.25) is 14.4 Å². The summed E-state index contributed by atoms with van der Waals surface area (Å²) >= 11 is 1.42. The molecule has 1 saturated carbocycles. The summed E-state index contributed by atoms with van der Waals surface area (Å²) in [5.74, 6) is -0.750. The lowest BCUT2D eigenvalue weighted by Gasteiger charge is -2.59. The van der Waals surface area contributed by atoms with Crippen molar-refractivity contribution in [2.24, 2.45) is 11.3 Å². The van der Waals surface area contributed by atoms with E-state index in [0.717, 1.165) is 54.0 Å². The maximum atomic E-state index is 16.0. The number of amides is 2. The number of aromatic nitrogens is 3. The molecule has 3 aliphatic rings. The molecule has 2 amide bonds. The van der Waals surface area contributed by atoms with Gasteiger partial charge in [-0.05, 0) is 37.3 Å². The lowest BCUT2D eigenvalue weighted by atomic mass is 9.57. The molecule has 1 saturated heterocycles. The number of halogens is 2. The van der Waals surface area contributed by atoms with E-state index in [0.29, 0.717) is 29.2 Å². The van der Waals surface area contributed by atoms with Crippen LogP contribution in [0.2, 0.25) is 0 Å². The van der Waals surface area contributed by atoms with Crippen molar-refractivity contribution >= 4 is 39.2 Å². The highest BCUT2D eigenvalue weighted by Gasteiger charge is 2.55. The summed E-state index contributed by atoms with van der Waals surface area (Å²) in [7, 11) is 3.17. The number of carbonyl (C=O) groups is 2. The van der Waals surface area contributed by atoms with Gasteiger partial charge < -0.3 is 24.8 Å². The molecule has 7 rings (SSSR count). The maximum absolute atomic E-state index is 16.0. The molecule has 0 bridgehead atoms. The summed E-state index contributed by atoms with van der Waals surface area (Å²) in [6.07, 6.45) is 0.612. The second-order valence-electron chi connectivity index (χ2n) is 12.3. The zero-order valence-corrected chi connectivity index (χ0v) is 26.5. The molecule has 1 unspecified atom stereocenters. The molecule has 11 nitrogen and oxygen atoms in total. The van der Waals surface area contributed by atoms with Crippen molar-refractivity contribution in [3.63, 3.8) is 0 Å². The average Bonchev–Trinajstić information content (AvgIpc) is 3.64. The molecule has 1 aromatic carbocycles. The van der Waals surface area contributed by atoms with Crippen molar-refractivity contribution in [2.45, 2.75) is 32.4 Å².